The highest BCUT2D eigenvalue weighted by molar-refractivity contribution is 9.10. The van der Waals surface area contributed by atoms with Gasteiger partial charge >= 0.3 is 5.97 Å². The number of aromatic nitrogens is 1. The number of aliphatic carboxylic acids is 1. The minimum absolute atomic E-state index is 0.199. The van der Waals surface area contributed by atoms with Crippen molar-refractivity contribution < 1.29 is 24.2 Å². The molecule has 1 aliphatic heterocycles. The zero-order valence-corrected chi connectivity index (χ0v) is 23.4. The molecule has 5 rings (SSSR count). The summed E-state index contributed by atoms with van der Waals surface area (Å²) in [5.41, 5.74) is 3.21. The molecule has 40 heavy (non-hydrogen) atoms. The molecule has 1 amide bonds. The Balaban J connectivity index is 1.72. The SMILES string of the molecule is COc1ccc(OC)c(C2CC(c3c(-c4ccccc4)c4cc(Br)ccc4[nH]c3=O)=NN2C(=O)CCC(=O)O)c1. The van der Waals surface area contributed by atoms with Crippen LogP contribution in [0.15, 0.2) is 81.1 Å². The van der Waals surface area contributed by atoms with Crippen molar-refractivity contribution >= 4 is 44.4 Å². The number of carbonyl (C=O) groups is 2. The molecule has 1 atom stereocenters. The molecule has 204 valence electrons. The minimum Gasteiger partial charge on any atom is -0.497 e. The van der Waals surface area contributed by atoms with Crippen LogP contribution < -0.4 is 15.0 Å². The van der Waals surface area contributed by atoms with Gasteiger partial charge in [0.1, 0.15) is 11.5 Å². The van der Waals surface area contributed by atoms with Gasteiger partial charge in [-0.3, -0.25) is 14.4 Å². The number of nitrogens with zero attached hydrogens (tertiary/aromatic N) is 2. The Bertz CT molecular complexity index is 1700. The summed E-state index contributed by atoms with van der Waals surface area (Å²) in [4.78, 5) is 41.3. The number of fused-ring (bicyclic) bond motifs is 1. The van der Waals surface area contributed by atoms with Crippen molar-refractivity contribution in [3.05, 3.63) is 92.7 Å². The number of pyridine rings is 1. The summed E-state index contributed by atoms with van der Waals surface area (Å²) in [6.45, 7) is 0. The number of carboxylic acids is 1. The molecule has 2 N–H and O–H groups in total. The van der Waals surface area contributed by atoms with Gasteiger partial charge in [-0.2, -0.15) is 5.10 Å². The monoisotopic (exact) mass is 603 g/mol. The van der Waals surface area contributed by atoms with E-state index < -0.39 is 17.9 Å². The lowest BCUT2D eigenvalue weighted by atomic mass is 9.90. The normalized spacial score (nSPS) is 14.7. The molecule has 3 aromatic carbocycles. The summed E-state index contributed by atoms with van der Waals surface area (Å²) in [7, 11) is 3.06. The van der Waals surface area contributed by atoms with Gasteiger partial charge in [0.2, 0.25) is 5.91 Å². The number of carboxylic acid groups (broad SMARTS) is 1. The van der Waals surface area contributed by atoms with Gasteiger partial charge in [0.25, 0.3) is 5.56 Å². The third-order valence-corrected chi connectivity index (χ3v) is 7.34. The number of benzene rings is 3. The zero-order valence-electron chi connectivity index (χ0n) is 21.8. The van der Waals surface area contributed by atoms with Crippen molar-refractivity contribution in [2.24, 2.45) is 5.10 Å². The Hall–Kier alpha value is -4.44. The Morgan fingerprint density at radius 1 is 1.02 bits per heavy atom. The molecule has 0 saturated carbocycles. The van der Waals surface area contributed by atoms with Crippen LogP contribution in [0.25, 0.3) is 22.0 Å². The Labute approximate surface area is 238 Å². The number of amides is 1. The van der Waals surface area contributed by atoms with Gasteiger partial charge in [0.05, 0.1) is 38.0 Å². The van der Waals surface area contributed by atoms with Gasteiger partial charge < -0.3 is 19.6 Å². The van der Waals surface area contributed by atoms with E-state index in [0.29, 0.717) is 39.4 Å². The van der Waals surface area contributed by atoms with Crippen LogP contribution in [0.1, 0.15) is 36.4 Å². The average molecular weight is 604 g/mol. The van der Waals surface area contributed by atoms with Crippen LogP contribution >= 0.6 is 15.9 Å². The molecular weight excluding hydrogens is 578 g/mol. The fourth-order valence-corrected chi connectivity index (χ4v) is 5.37. The molecule has 1 unspecified atom stereocenters. The maximum absolute atomic E-state index is 13.7. The number of hydrogen-bond acceptors (Lipinski definition) is 6. The van der Waals surface area contributed by atoms with Crippen molar-refractivity contribution in [3.63, 3.8) is 0 Å². The lowest BCUT2D eigenvalue weighted by Crippen LogP contribution is -2.27. The fourth-order valence-electron chi connectivity index (χ4n) is 5.01. The Kier molecular flexibility index (Phi) is 7.70. The Morgan fingerprint density at radius 2 is 1.80 bits per heavy atom. The van der Waals surface area contributed by atoms with E-state index in [2.05, 4.69) is 26.0 Å². The summed E-state index contributed by atoms with van der Waals surface area (Å²) in [5.74, 6) is -0.498. The molecule has 0 spiro atoms. The quantitative estimate of drug-likeness (QED) is 0.273. The van der Waals surface area contributed by atoms with E-state index in [9.17, 15) is 19.5 Å². The van der Waals surface area contributed by atoms with Crippen LogP contribution in [0.5, 0.6) is 11.5 Å². The first kappa shape index (κ1) is 27.1. The molecule has 0 fully saturated rings. The Morgan fingerprint density at radius 3 is 2.50 bits per heavy atom. The number of halogens is 1. The highest BCUT2D eigenvalue weighted by Crippen LogP contribution is 2.41. The molecule has 1 aromatic heterocycles. The second kappa shape index (κ2) is 11.4. The first-order chi connectivity index (χ1) is 19.3. The van der Waals surface area contributed by atoms with Gasteiger partial charge in [-0.05, 0) is 42.0 Å². The van der Waals surface area contributed by atoms with E-state index in [1.54, 1.807) is 18.2 Å². The molecule has 2 heterocycles. The number of H-pyrrole nitrogens is 1. The smallest absolute Gasteiger partial charge is 0.303 e. The van der Waals surface area contributed by atoms with Crippen molar-refractivity contribution in [2.45, 2.75) is 25.3 Å². The van der Waals surface area contributed by atoms with E-state index in [1.807, 2.05) is 48.5 Å². The average Bonchev–Trinajstić information content (AvgIpc) is 3.40. The molecule has 0 saturated heterocycles. The van der Waals surface area contributed by atoms with Gasteiger partial charge in [0.15, 0.2) is 0 Å². The maximum Gasteiger partial charge on any atom is 0.303 e. The number of methoxy groups -OCH3 is 2. The van der Waals surface area contributed by atoms with E-state index >= 15 is 0 Å². The van der Waals surface area contributed by atoms with Gasteiger partial charge in [-0.15, -0.1) is 0 Å². The molecule has 0 aliphatic carbocycles. The van der Waals surface area contributed by atoms with Crippen LogP contribution in [-0.2, 0) is 9.59 Å². The van der Waals surface area contributed by atoms with Gasteiger partial charge in [-0.25, -0.2) is 5.01 Å². The number of aromatic amines is 1. The van der Waals surface area contributed by atoms with E-state index in [-0.39, 0.29) is 24.8 Å². The highest BCUT2D eigenvalue weighted by atomic mass is 79.9. The van der Waals surface area contributed by atoms with Gasteiger partial charge in [-0.1, -0.05) is 46.3 Å². The summed E-state index contributed by atoms with van der Waals surface area (Å²) in [5, 5.41) is 16.0. The summed E-state index contributed by atoms with van der Waals surface area (Å²) in [6, 6.07) is 19.8. The van der Waals surface area contributed by atoms with E-state index in [1.165, 1.54) is 19.2 Å². The van der Waals surface area contributed by atoms with Crippen LogP contribution in [0.2, 0.25) is 0 Å². The molecule has 10 heteroatoms. The number of carbonyl (C=O) groups excluding carboxylic acids is 1. The third-order valence-electron chi connectivity index (χ3n) is 6.84. The topological polar surface area (TPSA) is 121 Å². The van der Waals surface area contributed by atoms with Crippen LogP contribution in [0.4, 0.5) is 0 Å². The zero-order chi connectivity index (χ0) is 28.4. The molecule has 9 nitrogen and oxygen atoms in total. The minimum atomic E-state index is -1.09. The summed E-state index contributed by atoms with van der Waals surface area (Å²) in [6.07, 6.45) is -0.395. The predicted molar refractivity (Wildman–Crippen MR) is 155 cm³/mol. The number of ether oxygens (including phenoxy) is 2. The van der Waals surface area contributed by atoms with Crippen LogP contribution in [-0.4, -0.2) is 46.9 Å². The number of rotatable bonds is 8. The van der Waals surface area contributed by atoms with Crippen molar-refractivity contribution in [1.82, 2.24) is 9.99 Å². The predicted octanol–water partition coefficient (Wildman–Crippen LogP) is 5.52. The van der Waals surface area contributed by atoms with E-state index in [4.69, 9.17) is 9.47 Å². The molecule has 0 bridgehead atoms. The second-order valence-electron chi connectivity index (χ2n) is 9.27. The standard InChI is InChI=1S/C30H26BrN3O6/c1-39-19-9-11-25(40-2)21(15-19)24-16-23(33-34(24)26(35)12-13-27(36)37)29-28(17-6-4-3-5-7-17)20-14-18(31)8-10-22(20)32-30(29)38/h3-11,14-15,24H,12-13,16H2,1-2H3,(H,32,38)(H,36,37). The summed E-state index contributed by atoms with van der Waals surface area (Å²) >= 11 is 3.54. The lowest BCUT2D eigenvalue weighted by molar-refractivity contribution is -0.141. The summed E-state index contributed by atoms with van der Waals surface area (Å²) < 4.78 is 11.9. The number of nitrogens with one attached hydrogen (secondary N) is 1. The highest BCUT2D eigenvalue weighted by Gasteiger charge is 2.37. The third kappa shape index (κ3) is 5.22. The van der Waals surface area contributed by atoms with Crippen molar-refractivity contribution in [3.8, 4) is 22.6 Å². The van der Waals surface area contributed by atoms with Gasteiger partial charge in [0, 0.05) is 39.3 Å². The maximum atomic E-state index is 13.7. The van der Waals surface area contributed by atoms with E-state index in [0.717, 1.165) is 15.4 Å². The number of hydrazone groups is 1. The first-order valence-electron chi connectivity index (χ1n) is 12.5. The number of hydrogen-bond donors (Lipinski definition) is 2. The molecular formula is C30H26BrN3O6. The second-order valence-corrected chi connectivity index (χ2v) is 10.2. The molecule has 0 radical (unpaired) electrons. The molecule has 1 aliphatic rings. The van der Waals surface area contributed by atoms with Crippen LogP contribution in [0, 0.1) is 0 Å². The molecule has 4 aromatic rings. The largest absolute Gasteiger partial charge is 0.497 e. The van der Waals surface area contributed by atoms with Crippen molar-refractivity contribution in [1.29, 1.82) is 0 Å². The lowest BCUT2D eigenvalue weighted by Gasteiger charge is -2.24. The first-order valence-corrected chi connectivity index (χ1v) is 13.3. The van der Waals surface area contributed by atoms with Crippen LogP contribution in [0.3, 0.4) is 0 Å². The van der Waals surface area contributed by atoms with Crippen molar-refractivity contribution in [2.75, 3.05) is 14.2 Å². The fraction of sp³-hybridized carbons (Fsp3) is 0.200.